The van der Waals surface area contributed by atoms with E-state index in [9.17, 15) is 0 Å². The van der Waals surface area contributed by atoms with Crippen molar-refractivity contribution in [1.29, 1.82) is 0 Å². The summed E-state index contributed by atoms with van der Waals surface area (Å²) in [5, 5.41) is 4.82. The molecule has 0 amide bonds. The Balaban J connectivity index is 1.70. The summed E-state index contributed by atoms with van der Waals surface area (Å²) in [4.78, 5) is 10.9. The monoisotopic (exact) mass is 357 g/mol. The maximum atomic E-state index is 6.24. The number of benzene rings is 1. The van der Waals surface area contributed by atoms with Crippen LogP contribution in [-0.4, -0.2) is 27.4 Å². The molecule has 4 N–H and O–H groups in total. The van der Waals surface area contributed by atoms with E-state index in [0.29, 0.717) is 11.0 Å². The number of hydrogen-bond acceptors (Lipinski definition) is 6. The third-order valence-corrected chi connectivity index (χ3v) is 4.97. The van der Waals surface area contributed by atoms with E-state index >= 15 is 0 Å². The van der Waals surface area contributed by atoms with Crippen LogP contribution in [0.2, 0.25) is 5.02 Å². The van der Waals surface area contributed by atoms with Crippen LogP contribution in [0.1, 0.15) is 32.1 Å². The normalized spacial score (nSPS) is 19.6. The van der Waals surface area contributed by atoms with Crippen molar-refractivity contribution in [3.63, 3.8) is 0 Å². The smallest absolute Gasteiger partial charge is 0.220 e. The van der Waals surface area contributed by atoms with Crippen LogP contribution in [0.15, 0.2) is 46.6 Å². The third kappa shape index (κ3) is 2.84. The summed E-state index contributed by atoms with van der Waals surface area (Å²) in [6, 6.07) is 7.95. The Hall–Kier alpha value is -2.54. The largest absolute Gasteiger partial charge is 0.369 e. The summed E-state index contributed by atoms with van der Waals surface area (Å²) in [6.45, 7) is 0. The molecule has 1 aliphatic carbocycles. The van der Waals surface area contributed by atoms with Crippen molar-refractivity contribution >= 4 is 29.2 Å². The zero-order valence-electron chi connectivity index (χ0n) is 13.8. The van der Waals surface area contributed by atoms with Gasteiger partial charge in [0, 0.05) is 11.9 Å². The summed E-state index contributed by atoms with van der Waals surface area (Å²) in [5.41, 5.74) is 13.6. The Bertz CT molecular complexity index is 831. The van der Waals surface area contributed by atoms with Gasteiger partial charge in [0.25, 0.3) is 0 Å². The van der Waals surface area contributed by atoms with E-state index in [1.807, 2.05) is 29.2 Å². The highest BCUT2D eigenvalue weighted by atomic mass is 35.5. The lowest BCUT2D eigenvalue weighted by molar-refractivity contribution is 0.305. The maximum Gasteiger partial charge on any atom is 0.220 e. The van der Waals surface area contributed by atoms with Gasteiger partial charge >= 0.3 is 0 Å². The van der Waals surface area contributed by atoms with Crippen LogP contribution in [0.25, 0.3) is 5.69 Å². The summed E-state index contributed by atoms with van der Waals surface area (Å²) >= 11 is 5.94. The number of hydrogen-bond donors (Lipinski definition) is 2. The SMILES string of the molecule is NC1=NC2(CCCCC2)N(c2ccc(-n3cc(Cl)cn3)cc2)C(N)=N1. The molecule has 2 aliphatic rings. The number of nitrogens with zero attached hydrogens (tertiary/aromatic N) is 5. The molecule has 1 aliphatic heterocycles. The average Bonchev–Trinajstić information content (AvgIpc) is 3.02. The van der Waals surface area contributed by atoms with Crippen LogP contribution in [0.5, 0.6) is 0 Å². The summed E-state index contributed by atoms with van der Waals surface area (Å²) in [6.07, 6.45) is 8.62. The van der Waals surface area contributed by atoms with E-state index in [4.69, 9.17) is 23.1 Å². The van der Waals surface area contributed by atoms with Gasteiger partial charge in [-0.2, -0.15) is 10.1 Å². The average molecular weight is 358 g/mol. The second-order valence-corrected chi connectivity index (χ2v) is 6.87. The molecular formula is C17H20ClN7. The zero-order chi connectivity index (χ0) is 17.4. The molecular weight excluding hydrogens is 338 g/mol. The predicted octanol–water partition coefficient (Wildman–Crippen LogP) is 2.64. The van der Waals surface area contributed by atoms with Crippen molar-refractivity contribution in [1.82, 2.24) is 9.78 Å². The molecule has 4 rings (SSSR count). The zero-order valence-corrected chi connectivity index (χ0v) is 14.5. The fourth-order valence-electron chi connectivity index (χ4n) is 3.69. The van der Waals surface area contributed by atoms with E-state index in [1.165, 1.54) is 6.42 Å². The van der Waals surface area contributed by atoms with Crippen LogP contribution in [0.4, 0.5) is 5.69 Å². The van der Waals surface area contributed by atoms with E-state index in [-0.39, 0.29) is 5.96 Å². The van der Waals surface area contributed by atoms with Crippen molar-refractivity contribution in [3.05, 3.63) is 41.7 Å². The van der Waals surface area contributed by atoms with Crippen LogP contribution in [0.3, 0.4) is 0 Å². The molecule has 7 nitrogen and oxygen atoms in total. The van der Waals surface area contributed by atoms with Crippen molar-refractivity contribution in [2.75, 3.05) is 4.90 Å². The van der Waals surface area contributed by atoms with Gasteiger partial charge in [-0.25, -0.2) is 9.67 Å². The molecule has 1 aromatic heterocycles. The second kappa shape index (κ2) is 6.07. The Morgan fingerprint density at radius 1 is 1.00 bits per heavy atom. The minimum Gasteiger partial charge on any atom is -0.369 e. The van der Waals surface area contributed by atoms with Crippen molar-refractivity contribution < 1.29 is 0 Å². The molecule has 25 heavy (non-hydrogen) atoms. The number of aliphatic imine (C=N–C) groups is 2. The Labute approximate surface area is 151 Å². The highest BCUT2D eigenvalue weighted by Gasteiger charge is 2.42. The van der Waals surface area contributed by atoms with Gasteiger partial charge in [-0.1, -0.05) is 18.0 Å². The molecule has 1 saturated carbocycles. The molecule has 0 radical (unpaired) electrons. The van der Waals surface area contributed by atoms with Gasteiger partial charge in [0.05, 0.1) is 16.9 Å². The number of guanidine groups is 2. The minimum atomic E-state index is -0.426. The van der Waals surface area contributed by atoms with Gasteiger partial charge in [0.1, 0.15) is 5.66 Å². The van der Waals surface area contributed by atoms with Crippen LogP contribution in [-0.2, 0) is 0 Å². The van der Waals surface area contributed by atoms with Crippen molar-refractivity contribution in [2.45, 2.75) is 37.8 Å². The molecule has 2 aromatic rings. The Morgan fingerprint density at radius 3 is 2.32 bits per heavy atom. The molecule has 0 atom stereocenters. The molecule has 0 unspecified atom stereocenters. The van der Waals surface area contributed by atoms with Gasteiger partial charge < -0.3 is 11.5 Å². The topological polar surface area (TPSA) is 97.8 Å². The molecule has 1 spiro atoms. The molecule has 0 bridgehead atoms. The summed E-state index contributed by atoms with van der Waals surface area (Å²) < 4.78 is 1.73. The molecule has 1 fully saturated rings. The van der Waals surface area contributed by atoms with Crippen molar-refractivity contribution in [3.8, 4) is 5.69 Å². The molecule has 0 saturated heterocycles. The van der Waals surface area contributed by atoms with Crippen molar-refractivity contribution in [2.24, 2.45) is 21.5 Å². The fourth-order valence-corrected chi connectivity index (χ4v) is 3.83. The van der Waals surface area contributed by atoms with E-state index in [0.717, 1.165) is 37.1 Å². The molecule has 1 aromatic carbocycles. The van der Waals surface area contributed by atoms with E-state index < -0.39 is 5.66 Å². The molecule has 8 heteroatoms. The quantitative estimate of drug-likeness (QED) is 0.863. The standard InChI is InChI=1S/C17H20ClN7/c18-12-10-21-24(11-12)13-4-6-14(7-5-13)25-16(20)22-15(19)23-17(25)8-2-1-3-9-17/h4-7,10-11H,1-3,8-9H2,(H4,19,20,22,23). The summed E-state index contributed by atoms with van der Waals surface area (Å²) in [7, 11) is 0. The Morgan fingerprint density at radius 2 is 1.68 bits per heavy atom. The number of halogens is 1. The number of rotatable bonds is 2. The van der Waals surface area contributed by atoms with Gasteiger partial charge in [-0.05, 0) is 49.9 Å². The number of anilines is 1. The lowest BCUT2D eigenvalue weighted by atomic mass is 9.87. The first-order valence-corrected chi connectivity index (χ1v) is 8.76. The number of aromatic nitrogens is 2. The number of nitrogens with two attached hydrogens (primary N) is 2. The lowest BCUT2D eigenvalue weighted by Crippen LogP contribution is -2.58. The van der Waals surface area contributed by atoms with Gasteiger partial charge in [0.15, 0.2) is 0 Å². The van der Waals surface area contributed by atoms with E-state index in [2.05, 4.69) is 15.1 Å². The third-order valence-electron chi connectivity index (χ3n) is 4.77. The highest BCUT2D eigenvalue weighted by molar-refractivity contribution is 6.30. The van der Waals surface area contributed by atoms with Gasteiger partial charge in [0.2, 0.25) is 11.9 Å². The van der Waals surface area contributed by atoms with E-state index in [1.54, 1.807) is 17.1 Å². The van der Waals surface area contributed by atoms with Crippen LogP contribution >= 0.6 is 11.6 Å². The second-order valence-electron chi connectivity index (χ2n) is 6.44. The molecule has 130 valence electrons. The predicted molar refractivity (Wildman–Crippen MR) is 100 cm³/mol. The minimum absolute atomic E-state index is 0.262. The summed E-state index contributed by atoms with van der Waals surface area (Å²) in [5.74, 6) is 0.655. The first-order chi connectivity index (χ1) is 12.1. The van der Waals surface area contributed by atoms with Gasteiger partial charge in [-0.3, -0.25) is 4.90 Å². The highest BCUT2D eigenvalue weighted by Crippen LogP contribution is 2.39. The first-order valence-electron chi connectivity index (χ1n) is 8.38. The lowest BCUT2D eigenvalue weighted by Gasteiger charge is -2.45. The van der Waals surface area contributed by atoms with Crippen LogP contribution in [0, 0.1) is 0 Å². The van der Waals surface area contributed by atoms with Crippen LogP contribution < -0.4 is 16.4 Å². The Kier molecular flexibility index (Phi) is 3.88. The van der Waals surface area contributed by atoms with Gasteiger partial charge in [-0.15, -0.1) is 0 Å². The molecule has 2 heterocycles. The fraction of sp³-hybridized carbons (Fsp3) is 0.353. The first kappa shape index (κ1) is 16.0. The maximum absolute atomic E-state index is 6.24.